The molecule has 6 N–H and O–H groups in total. The van der Waals surface area contributed by atoms with Gasteiger partial charge in [-0.1, -0.05) is 24.3 Å². The number of amides is 2. The Morgan fingerprint density at radius 1 is 1.19 bits per heavy atom. The van der Waals surface area contributed by atoms with Gasteiger partial charge >= 0.3 is 0 Å². The van der Waals surface area contributed by atoms with Gasteiger partial charge in [0.15, 0.2) is 0 Å². The van der Waals surface area contributed by atoms with Crippen molar-refractivity contribution in [3.05, 3.63) is 42.1 Å². The summed E-state index contributed by atoms with van der Waals surface area (Å²) in [5, 5.41) is 8.47. The van der Waals surface area contributed by atoms with Crippen molar-refractivity contribution in [2.75, 3.05) is 6.54 Å². The minimum absolute atomic E-state index is 0.0279. The second-order valence-electron chi connectivity index (χ2n) is 6.25. The van der Waals surface area contributed by atoms with E-state index in [1.54, 1.807) is 6.20 Å². The Hall–Kier alpha value is -2.56. The van der Waals surface area contributed by atoms with Crippen LogP contribution in [0.15, 0.2) is 36.5 Å². The van der Waals surface area contributed by atoms with Gasteiger partial charge in [-0.25, -0.2) is 9.86 Å². The number of carbonyl (C=O) groups is 2. The molecule has 2 unspecified atom stereocenters. The molecule has 0 spiro atoms. The summed E-state index contributed by atoms with van der Waals surface area (Å²) in [7, 11) is -3.89. The molecule has 2 atom stereocenters. The molecule has 1 heterocycles. The maximum atomic E-state index is 11.6. The number of hydrogen-bond donors (Lipinski definition) is 4. The van der Waals surface area contributed by atoms with Crippen LogP contribution in [0.3, 0.4) is 0 Å². The highest BCUT2D eigenvalue weighted by Gasteiger charge is 2.22. The van der Waals surface area contributed by atoms with Crippen LogP contribution in [0.25, 0.3) is 10.9 Å². The summed E-state index contributed by atoms with van der Waals surface area (Å²) in [5.74, 6) is -1.35. The molecule has 0 bridgehead atoms. The number of carbonyl (C=O) groups excluding carboxylic acids is 2. The highest BCUT2D eigenvalue weighted by atomic mass is 32.2. The van der Waals surface area contributed by atoms with Gasteiger partial charge in [0, 0.05) is 25.1 Å². The number of nitrogens with zero attached hydrogens (tertiary/aromatic N) is 1. The van der Waals surface area contributed by atoms with Crippen LogP contribution in [0.1, 0.15) is 31.2 Å². The average Bonchev–Trinajstić information content (AvgIpc) is 2.59. The van der Waals surface area contributed by atoms with Gasteiger partial charge in [-0.15, -0.1) is 0 Å². The molecule has 1 aromatic carbocycles. The highest BCUT2D eigenvalue weighted by Crippen LogP contribution is 2.27. The van der Waals surface area contributed by atoms with E-state index in [0.29, 0.717) is 6.42 Å². The summed E-state index contributed by atoms with van der Waals surface area (Å²) in [5.41, 5.74) is 6.89. The summed E-state index contributed by atoms with van der Waals surface area (Å²) in [6.45, 7) is 1.32. The van der Waals surface area contributed by atoms with Crippen molar-refractivity contribution in [2.24, 2.45) is 10.9 Å². The standard InChI is InChI=1S/C17H23N5O4S/c1-11(23)22-15(17(18)24)8-7-13(10-21-27(19,25)26)14-6-2-4-12-5-3-9-20-16(12)14/h2-6,9,13,15,21H,7-8,10H2,1H3,(H2,18,24)(H,22,23)(H2,19,25,26). The number of rotatable bonds is 9. The third-order valence-electron chi connectivity index (χ3n) is 4.16. The topological polar surface area (TPSA) is 157 Å². The fraction of sp³-hybridized carbons (Fsp3) is 0.353. The lowest BCUT2D eigenvalue weighted by Gasteiger charge is -2.21. The Labute approximate surface area is 157 Å². The molecule has 2 amide bonds. The third kappa shape index (κ3) is 6.27. The zero-order valence-electron chi connectivity index (χ0n) is 14.9. The monoisotopic (exact) mass is 393 g/mol. The normalized spacial score (nSPS) is 13.9. The van der Waals surface area contributed by atoms with Crippen molar-refractivity contribution >= 4 is 32.9 Å². The van der Waals surface area contributed by atoms with Crippen LogP contribution in [0, 0.1) is 0 Å². The van der Waals surface area contributed by atoms with E-state index in [0.717, 1.165) is 16.5 Å². The Balaban J connectivity index is 2.30. The van der Waals surface area contributed by atoms with Crippen LogP contribution in [-0.4, -0.2) is 37.8 Å². The molecule has 0 aliphatic heterocycles. The molecule has 1 aromatic heterocycles. The first-order valence-corrected chi connectivity index (χ1v) is 9.89. The molecular weight excluding hydrogens is 370 g/mol. The number of nitrogens with one attached hydrogen (secondary N) is 2. The fourth-order valence-electron chi connectivity index (χ4n) is 2.94. The summed E-state index contributed by atoms with van der Waals surface area (Å²) in [4.78, 5) is 27.2. The number of aromatic nitrogens is 1. The van der Waals surface area contributed by atoms with Crippen molar-refractivity contribution in [2.45, 2.75) is 31.7 Å². The van der Waals surface area contributed by atoms with E-state index < -0.39 is 22.2 Å². The van der Waals surface area contributed by atoms with Gasteiger partial charge in [0.05, 0.1) is 5.52 Å². The smallest absolute Gasteiger partial charge is 0.274 e. The van der Waals surface area contributed by atoms with Crippen molar-refractivity contribution in [1.29, 1.82) is 0 Å². The molecule has 0 fully saturated rings. The van der Waals surface area contributed by atoms with Crippen molar-refractivity contribution in [3.63, 3.8) is 0 Å². The van der Waals surface area contributed by atoms with Gasteiger partial charge in [0.1, 0.15) is 6.04 Å². The third-order valence-corrected chi connectivity index (χ3v) is 4.73. The molecule has 0 aliphatic rings. The SMILES string of the molecule is CC(=O)NC(CCC(CNS(N)(=O)=O)c1cccc2cccnc12)C(N)=O. The Kier molecular flexibility index (Phi) is 6.83. The van der Waals surface area contributed by atoms with Crippen molar-refractivity contribution in [1.82, 2.24) is 15.0 Å². The molecule has 9 nitrogen and oxygen atoms in total. The average molecular weight is 393 g/mol. The summed E-state index contributed by atoms with van der Waals surface area (Å²) < 4.78 is 25.0. The van der Waals surface area contributed by atoms with Crippen LogP contribution in [0.4, 0.5) is 0 Å². The number of para-hydroxylation sites is 1. The van der Waals surface area contributed by atoms with E-state index in [2.05, 4.69) is 15.0 Å². The molecule has 27 heavy (non-hydrogen) atoms. The summed E-state index contributed by atoms with van der Waals surface area (Å²) in [6.07, 6.45) is 2.28. The van der Waals surface area contributed by atoms with Gasteiger partial charge < -0.3 is 11.1 Å². The fourth-order valence-corrected chi connectivity index (χ4v) is 3.37. The van der Waals surface area contributed by atoms with E-state index in [1.807, 2.05) is 30.3 Å². The lowest BCUT2D eigenvalue weighted by molar-refractivity contribution is -0.126. The Morgan fingerprint density at radius 2 is 1.89 bits per heavy atom. The van der Waals surface area contributed by atoms with Gasteiger partial charge in [-0.3, -0.25) is 14.6 Å². The predicted molar refractivity (Wildman–Crippen MR) is 102 cm³/mol. The second kappa shape index (κ2) is 8.89. The molecular formula is C17H23N5O4S. The zero-order chi connectivity index (χ0) is 20.0. The van der Waals surface area contributed by atoms with Crippen LogP contribution >= 0.6 is 0 Å². The van der Waals surface area contributed by atoms with Gasteiger partial charge in [0.2, 0.25) is 11.8 Å². The molecule has 2 aromatic rings. The van der Waals surface area contributed by atoms with E-state index in [4.69, 9.17) is 10.9 Å². The first-order chi connectivity index (χ1) is 12.7. The zero-order valence-corrected chi connectivity index (χ0v) is 15.7. The first-order valence-electron chi connectivity index (χ1n) is 8.35. The number of benzene rings is 1. The van der Waals surface area contributed by atoms with Gasteiger partial charge in [0.25, 0.3) is 10.2 Å². The summed E-state index contributed by atoms with van der Waals surface area (Å²) >= 11 is 0. The van der Waals surface area contributed by atoms with Crippen molar-refractivity contribution in [3.8, 4) is 0 Å². The van der Waals surface area contributed by atoms with Crippen LogP contribution < -0.4 is 20.9 Å². The quantitative estimate of drug-likeness (QED) is 0.467. The van der Waals surface area contributed by atoms with Gasteiger partial charge in [-0.2, -0.15) is 8.42 Å². The molecule has 0 saturated heterocycles. The lowest BCUT2D eigenvalue weighted by atomic mass is 9.90. The lowest BCUT2D eigenvalue weighted by Crippen LogP contribution is -2.44. The Bertz CT molecular complexity index is 927. The van der Waals surface area contributed by atoms with E-state index >= 15 is 0 Å². The van der Waals surface area contributed by atoms with Crippen molar-refractivity contribution < 1.29 is 18.0 Å². The van der Waals surface area contributed by atoms with E-state index in [9.17, 15) is 18.0 Å². The Morgan fingerprint density at radius 3 is 2.52 bits per heavy atom. The number of pyridine rings is 1. The van der Waals surface area contributed by atoms with E-state index in [1.165, 1.54) is 6.92 Å². The van der Waals surface area contributed by atoms with Crippen LogP contribution in [0.5, 0.6) is 0 Å². The summed E-state index contributed by atoms with van der Waals surface area (Å²) in [6, 6.07) is 8.47. The van der Waals surface area contributed by atoms with Crippen LogP contribution in [-0.2, 0) is 19.8 Å². The highest BCUT2D eigenvalue weighted by molar-refractivity contribution is 7.87. The molecule has 0 radical (unpaired) electrons. The molecule has 2 rings (SSSR count). The molecule has 0 aliphatic carbocycles. The minimum atomic E-state index is -3.89. The second-order valence-corrected chi connectivity index (χ2v) is 7.62. The number of hydrogen-bond acceptors (Lipinski definition) is 5. The minimum Gasteiger partial charge on any atom is -0.368 e. The number of nitrogens with two attached hydrogens (primary N) is 2. The number of primary amides is 1. The predicted octanol–water partition coefficient (Wildman–Crippen LogP) is -0.118. The molecule has 10 heteroatoms. The van der Waals surface area contributed by atoms with E-state index in [-0.39, 0.29) is 24.8 Å². The first kappa shape index (κ1) is 20.7. The number of fused-ring (bicyclic) bond motifs is 1. The maximum absolute atomic E-state index is 11.6. The van der Waals surface area contributed by atoms with Gasteiger partial charge in [-0.05, 0) is 30.4 Å². The van der Waals surface area contributed by atoms with Crippen LogP contribution in [0.2, 0.25) is 0 Å². The molecule has 146 valence electrons. The molecule has 0 saturated carbocycles. The largest absolute Gasteiger partial charge is 0.368 e. The maximum Gasteiger partial charge on any atom is 0.274 e.